The van der Waals surface area contributed by atoms with E-state index in [1.54, 1.807) is 47.0 Å². The SMILES string of the molecule is CCCCn1c(SCC(=O)NC(=O)c2ccc(OC)cc2)nc2ccccc2c1=O. The molecule has 0 saturated carbocycles. The van der Waals surface area contributed by atoms with Crippen molar-refractivity contribution in [1.82, 2.24) is 14.9 Å². The van der Waals surface area contributed by atoms with Gasteiger partial charge in [0.25, 0.3) is 11.5 Å². The fraction of sp³-hybridized carbons (Fsp3) is 0.273. The first-order valence-electron chi connectivity index (χ1n) is 9.64. The molecular weight excluding hydrogens is 402 g/mol. The van der Waals surface area contributed by atoms with E-state index in [0.29, 0.717) is 33.9 Å². The Morgan fingerprint density at radius 1 is 1.13 bits per heavy atom. The number of benzene rings is 2. The van der Waals surface area contributed by atoms with Gasteiger partial charge in [-0.3, -0.25) is 24.3 Å². The third kappa shape index (κ3) is 5.07. The van der Waals surface area contributed by atoms with E-state index in [0.717, 1.165) is 24.6 Å². The van der Waals surface area contributed by atoms with Crippen LogP contribution in [0.3, 0.4) is 0 Å². The summed E-state index contributed by atoms with van der Waals surface area (Å²) >= 11 is 1.15. The lowest BCUT2D eigenvalue weighted by atomic mass is 10.2. The van der Waals surface area contributed by atoms with Crippen molar-refractivity contribution < 1.29 is 14.3 Å². The number of hydrogen-bond donors (Lipinski definition) is 1. The van der Waals surface area contributed by atoms with E-state index in [2.05, 4.69) is 10.3 Å². The Morgan fingerprint density at radius 2 is 1.87 bits per heavy atom. The number of methoxy groups -OCH3 is 1. The van der Waals surface area contributed by atoms with Gasteiger partial charge in [0.05, 0.1) is 23.8 Å². The molecule has 0 atom stereocenters. The maximum absolute atomic E-state index is 12.9. The highest BCUT2D eigenvalue weighted by Gasteiger charge is 2.15. The summed E-state index contributed by atoms with van der Waals surface area (Å²) in [4.78, 5) is 42.0. The Morgan fingerprint density at radius 3 is 2.57 bits per heavy atom. The second kappa shape index (κ2) is 10.1. The molecule has 0 spiro atoms. The van der Waals surface area contributed by atoms with Gasteiger partial charge in [-0.25, -0.2) is 4.98 Å². The summed E-state index contributed by atoms with van der Waals surface area (Å²) < 4.78 is 6.67. The zero-order valence-corrected chi connectivity index (χ0v) is 17.7. The second-order valence-electron chi connectivity index (χ2n) is 6.62. The topological polar surface area (TPSA) is 90.3 Å². The van der Waals surface area contributed by atoms with E-state index in [1.807, 2.05) is 13.0 Å². The first-order chi connectivity index (χ1) is 14.5. The molecule has 156 valence electrons. The van der Waals surface area contributed by atoms with Crippen LogP contribution in [0.15, 0.2) is 58.5 Å². The van der Waals surface area contributed by atoms with Crippen LogP contribution in [0.5, 0.6) is 5.75 Å². The van der Waals surface area contributed by atoms with E-state index >= 15 is 0 Å². The number of nitrogens with zero attached hydrogens (tertiary/aromatic N) is 2. The summed E-state index contributed by atoms with van der Waals surface area (Å²) in [5, 5.41) is 3.39. The summed E-state index contributed by atoms with van der Waals surface area (Å²) in [6.07, 6.45) is 1.76. The molecular formula is C22H23N3O4S. The predicted molar refractivity (Wildman–Crippen MR) is 117 cm³/mol. The second-order valence-corrected chi connectivity index (χ2v) is 7.56. The van der Waals surface area contributed by atoms with Crippen LogP contribution in [0.25, 0.3) is 10.9 Å². The highest BCUT2D eigenvalue weighted by Crippen LogP contribution is 2.18. The first-order valence-corrected chi connectivity index (χ1v) is 10.6. The number of hydrogen-bond acceptors (Lipinski definition) is 6. The van der Waals surface area contributed by atoms with Gasteiger partial charge in [0.2, 0.25) is 5.91 Å². The number of para-hydroxylation sites is 1. The normalized spacial score (nSPS) is 10.7. The molecule has 1 N–H and O–H groups in total. The smallest absolute Gasteiger partial charge is 0.262 e. The average molecular weight is 426 g/mol. The van der Waals surface area contributed by atoms with Gasteiger partial charge in [-0.1, -0.05) is 37.2 Å². The number of rotatable bonds is 8. The van der Waals surface area contributed by atoms with E-state index in [4.69, 9.17) is 4.74 Å². The number of imide groups is 1. The van der Waals surface area contributed by atoms with Crippen molar-refractivity contribution in [2.75, 3.05) is 12.9 Å². The van der Waals surface area contributed by atoms with Crippen LogP contribution in [0, 0.1) is 0 Å². The minimum atomic E-state index is -0.488. The highest BCUT2D eigenvalue weighted by molar-refractivity contribution is 7.99. The Hall–Kier alpha value is -3.13. The van der Waals surface area contributed by atoms with Crippen LogP contribution >= 0.6 is 11.8 Å². The molecule has 1 aromatic heterocycles. The molecule has 0 saturated heterocycles. The maximum Gasteiger partial charge on any atom is 0.262 e. The van der Waals surface area contributed by atoms with Crippen molar-refractivity contribution in [3.8, 4) is 5.75 Å². The molecule has 7 nitrogen and oxygen atoms in total. The molecule has 3 rings (SSSR count). The predicted octanol–water partition coefficient (Wildman–Crippen LogP) is 3.25. The van der Waals surface area contributed by atoms with E-state index in [1.165, 1.54) is 7.11 Å². The fourth-order valence-electron chi connectivity index (χ4n) is 2.88. The molecule has 0 unspecified atom stereocenters. The van der Waals surface area contributed by atoms with Crippen LogP contribution < -0.4 is 15.6 Å². The Labute approximate surface area is 178 Å². The molecule has 0 aliphatic rings. The van der Waals surface area contributed by atoms with Crippen molar-refractivity contribution in [1.29, 1.82) is 0 Å². The largest absolute Gasteiger partial charge is 0.497 e. The fourth-order valence-corrected chi connectivity index (χ4v) is 3.70. The van der Waals surface area contributed by atoms with Crippen LogP contribution in [0.4, 0.5) is 0 Å². The molecule has 0 radical (unpaired) electrons. The van der Waals surface area contributed by atoms with E-state index in [9.17, 15) is 14.4 Å². The molecule has 2 amide bonds. The average Bonchev–Trinajstić information content (AvgIpc) is 2.77. The highest BCUT2D eigenvalue weighted by atomic mass is 32.2. The quantitative estimate of drug-likeness (QED) is 0.440. The lowest BCUT2D eigenvalue weighted by Crippen LogP contribution is -2.32. The molecule has 1 heterocycles. The zero-order chi connectivity index (χ0) is 21.5. The van der Waals surface area contributed by atoms with Gasteiger partial charge < -0.3 is 4.74 Å². The molecule has 0 aliphatic heterocycles. The Bertz CT molecular complexity index is 1110. The molecule has 8 heteroatoms. The van der Waals surface area contributed by atoms with Gasteiger partial charge in [0.1, 0.15) is 5.75 Å². The number of nitrogens with one attached hydrogen (secondary N) is 1. The van der Waals surface area contributed by atoms with Crippen molar-refractivity contribution in [2.45, 2.75) is 31.5 Å². The van der Waals surface area contributed by atoms with Crippen LogP contribution in [-0.2, 0) is 11.3 Å². The molecule has 0 fully saturated rings. The maximum atomic E-state index is 12.9. The summed E-state index contributed by atoms with van der Waals surface area (Å²) in [7, 11) is 1.54. The van der Waals surface area contributed by atoms with E-state index in [-0.39, 0.29) is 11.3 Å². The van der Waals surface area contributed by atoms with Crippen molar-refractivity contribution in [3.63, 3.8) is 0 Å². The molecule has 0 bridgehead atoms. The van der Waals surface area contributed by atoms with Gasteiger partial charge in [-0.05, 0) is 42.8 Å². The van der Waals surface area contributed by atoms with Gasteiger partial charge >= 0.3 is 0 Å². The van der Waals surface area contributed by atoms with Crippen molar-refractivity contribution >= 4 is 34.5 Å². The molecule has 30 heavy (non-hydrogen) atoms. The van der Waals surface area contributed by atoms with Gasteiger partial charge in [-0.2, -0.15) is 0 Å². The standard InChI is InChI=1S/C22H23N3O4S/c1-3-4-13-25-21(28)17-7-5-6-8-18(17)23-22(25)30-14-19(26)24-20(27)15-9-11-16(29-2)12-10-15/h5-12H,3-4,13-14H2,1-2H3,(H,24,26,27). The minimum absolute atomic E-state index is 0.0290. The summed E-state index contributed by atoms with van der Waals surface area (Å²) in [5.41, 5.74) is 0.830. The van der Waals surface area contributed by atoms with Gasteiger partial charge in [0, 0.05) is 12.1 Å². The number of amides is 2. The minimum Gasteiger partial charge on any atom is -0.497 e. The number of unbranched alkanes of at least 4 members (excludes halogenated alkanes) is 1. The number of carbonyl (C=O) groups is 2. The molecule has 0 aliphatic carbocycles. The van der Waals surface area contributed by atoms with Crippen molar-refractivity contribution in [3.05, 3.63) is 64.4 Å². The number of fused-ring (bicyclic) bond motifs is 1. The molecule has 2 aromatic carbocycles. The number of carbonyl (C=O) groups excluding carboxylic acids is 2. The summed E-state index contributed by atoms with van der Waals surface area (Å²) in [5.74, 6) is -0.345. The Kier molecular flexibility index (Phi) is 7.24. The van der Waals surface area contributed by atoms with Crippen LogP contribution in [-0.4, -0.2) is 34.2 Å². The zero-order valence-electron chi connectivity index (χ0n) is 16.9. The third-order valence-corrected chi connectivity index (χ3v) is 5.48. The third-order valence-electron chi connectivity index (χ3n) is 4.50. The monoisotopic (exact) mass is 425 g/mol. The molecule has 3 aromatic rings. The van der Waals surface area contributed by atoms with Crippen LogP contribution in [0.1, 0.15) is 30.1 Å². The lowest BCUT2D eigenvalue weighted by Gasteiger charge is -2.12. The number of aromatic nitrogens is 2. The first kappa shape index (κ1) is 21.6. The van der Waals surface area contributed by atoms with Gasteiger partial charge in [-0.15, -0.1) is 0 Å². The lowest BCUT2D eigenvalue weighted by molar-refractivity contribution is -0.117. The summed E-state index contributed by atoms with van der Waals surface area (Å²) in [6.45, 7) is 2.58. The summed E-state index contributed by atoms with van der Waals surface area (Å²) in [6, 6.07) is 13.6. The number of thioether (sulfide) groups is 1. The Balaban J connectivity index is 1.72. The van der Waals surface area contributed by atoms with Crippen molar-refractivity contribution in [2.24, 2.45) is 0 Å². The van der Waals surface area contributed by atoms with Crippen LogP contribution in [0.2, 0.25) is 0 Å². The number of ether oxygens (including phenoxy) is 1. The van der Waals surface area contributed by atoms with Gasteiger partial charge in [0.15, 0.2) is 5.16 Å². The van der Waals surface area contributed by atoms with E-state index < -0.39 is 11.8 Å².